The molecule has 45 heavy (non-hydrogen) atoms. The van der Waals surface area contributed by atoms with Gasteiger partial charge in [-0.2, -0.15) is 23.4 Å². The van der Waals surface area contributed by atoms with Crippen molar-refractivity contribution in [1.29, 1.82) is 0 Å². The predicted octanol–water partition coefficient (Wildman–Crippen LogP) is -6.36. The fourth-order valence-electron chi connectivity index (χ4n) is 3.49. The minimum absolute atomic E-state index is 0. The normalized spacial score (nSPS) is 11.8. The van der Waals surface area contributed by atoms with Crippen LogP contribution in [0.5, 0.6) is 11.5 Å². The maximum atomic E-state index is 13.6. The van der Waals surface area contributed by atoms with Crippen LogP contribution in [0, 0.1) is 0 Å². The summed E-state index contributed by atoms with van der Waals surface area (Å²) in [5.74, 6) is -1.82. The van der Waals surface area contributed by atoms with Crippen molar-refractivity contribution in [1.82, 2.24) is 15.0 Å². The van der Waals surface area contributed by atoms with Gasteiger partial charge >= 0.3 is 88.7 Å². The Kier molecular flexibility index (Phi) is 15.1. The number of hydrogen-bond donors (Lipinski definition) is 2. The van der Waals surface area contributed by atoms with Crippen molar-refractivity contribution in [2.45, 2.75) is 14.7 Å². The number of halogens is 2. The molecule has 0 aliphatic heterocycles. The molecule has 0 saturated carbocycles. The van der Waals surface area contributed by atoms with E-state index in [1.165, 1.54) is 13.2 Å². The molecule has 0 bridgehead atoms. The van der Waals surface area contributed by atoms with Gasteiger partial charge in [0.1, 0.15) is 36.6 Å². The Bertz CT molecular complexity index is 2120. The Morgan fingerprint density at radius 3 is 1.96 bits per heavy atom. The van der Waals surface area contributed by atoms with E-state index in [1.807, 2.05) is 0 Å². The monoisotopic (exact) mass is 746 g/mol. The van der Waals surface area contributed by atoms with E-state index in [-0.39, 0.29) is 94.4 Å². The van der Waals surface area contributed by atoms with Crippen molar-refractivity contribution in [3.63, 3.8) is 0 Å². The number of aromatic nitrogens is 3. The van der Waals surface area contributed by atoms with Gasteiger partial charge in [0, 0.05) is 5.69 Å². The third kappa shape index (κ3) is 10.1. The fourth-order valence-corrected chi connectivity index (χ4v) is 5.67. The van der Waals surface area contributed by atoms with Gasteiger partial charge in [0.05, 0.1) is 22.6 Å². The number of methoxy groups -OCH3 is 1. The van der Waals surface area contributed by atoms with E-state index in [0.29, 0.717) is 18.2 Å². The molecule has 222 valence electrons. The molecule has 0 aliphatic carbocycles. The molecule has 3 aromatic carbocycles. The number of ether oxygens (including phenoxy) is 1. The minimum atomic E-state index is -5.30. The van der Waals surface area contributed by atoms with Crippen molar-refractivity contribution in [2.24, 2.45) is 10.2 Å². The zero-order valence-corrected chi connectivity index (χ0v) is 33.2. The number of azo groups is 1. The van der Waals surface area contributed by atoms with Crippen molar-refractivity contribution in [3.8, 4) is 11.5 Å². The predicted molar refractivity (Wildman–Crippen MR) is 139 cm³/mol. The molecule has 2 N–H and O–H groups in total. The van der Waals surface area contributed by atoms with E-state index in [9.17, 15) is 44.0 Å². The van der Waals surface area contributed by atoms with Crippen LogP contribution in [0.2, 0.25) is 10.6 Å². The largest absolute Gasteiger partial charge is 1.00 e. The summed E-state index contributed by atoms with van der Waals surface area (Å²) in [5, 5.41) is 21.2. The molecule has 0 aliphatic rings. The Labute approximate surface area is 331 Å². The maximum Gasteiger partial charge on any atom is 1.00 e. The van der Waals surface area contributed by atoms with Gasteiger partial charge < -0.3 is 24.3 Å². The number of benzene rings is 3. The van der Waals surface area contributed by atoms with Crippen LogP contribution in [-0.4, -0.2) is 61.0 Å². The van der Waals surface area contributed by atoms with Crippen molar-refractivity contribution >= 4 is 87.3 Å². The quantitative estimate of drug-likeness (QED) is 0.0964. The van der Waals surface area contributed by atoms with Gasteiger partial charge in [0.2, 0.25) is 16.5 Å². The Balaban J connectivity index is 0.00000337. The molecular formula is C20H11Cl2N6Na3O11S3. The second-order valence-corrected chi connectivity index (χ2v) is 12.7. The molecule has 25 heteroatoms. The minimum Gasteiger partial charge on any atom is -0.870 e. The summed E-state index contributed by atoms with van der Waals surface area (Å²) in [7, 11) is -14.5. The molecule has 0 fully saturated rings. The SMILES string of the molecule is COc1ccc(N=Nc2c(S(=O)(=O)O)cc3cc(S(=O)(=O)[O-])cc(Nc4nc(Cl)nc(Cl)n4)c3c2[O-])c(S(=O)(=O)[O-])c1.[Na+].[Na+].[Na+]. The van der Waals surface area contributed by atoms with E-state index >= 15 is 0 Å². The molecule has 1 heterocycles. The molecule has 0 unspecified atom stereocenters. The van der Waals surface area contributed by atoms with Crippen LogP contribution >= 0.6 is 23.2 Å². The van der Waals surface area contributed by atoms with Gasteiger partial charge in [-0.15, -0.1) is 10.2 Å². The topological polar surface area (TPSA) is 276 Å². The summed E-state index contributed by atoms with van der Waals surface area (Å²) in [6.07, 6.45) is 0. The number of nitrogens with zero attached hydrogens (tertiary/aromatic N) is 5. The van der Waals surface area contributed by atoms with Crippen LogP contribution in [0.4, 0.5) is 23.0 Å². The number of rotatable bonds is 8. The molecule has 1 aromatic heterocycles. The summed E-state index contributed by atoms with van der Waals surface area (Å²) in [6.45, 7) is 0. The van der Waals surface area contributed by atoms with E-state index in [4.69, 9.17) is 27.9 Å². The molecule has 17 nitrogen and oxygen atoms in total. The van der Waals surface area contributed by atoms with Gasteiger partial charge in [0.25, 0.3) is 10.1 Å². The zero-order valence-electron chi connectivity index (χ0n) is 23.2. The average molecular weight is 747 g/mol. The maximum absolute atomic E-state index is 13.6. The molecule has 0 radical (unpaired) electrons. The summed E-state index contributed by atoms with van der Waals surface area (Å²) in [5.41, 5.74) is -2.22. The van der Waals surface area contributed by atoms with Crippen molar-refractivity contribution in [2.75, 3.05) is 12.4 Å². The molecule has 4 aromatic rings. The third-order valence-corrected chi connectivity index (χ3v) is 8.08. The van der Waals surface area contributed by atoms with E-state index in [0.717, 1.165) is 12.1 Å². The van der Waals surface area contributed by atoms with Crippen LogP contribution in [-0.2, 0) is 30.4 Å². The Morgan fingerprint density at radius 1 is 0.844 bits per heavy atom. The van der Waals surface area contributed by atoms with Crippen molar-refractivity contribution < 1.29 is 137 Å². The molecule has 0 saturated heterocycles. The Hall–Kier alpha value is -0.760. The smallest absolute Gasteiger partial charge is 0.870 e. The average Bonchev–Trinajstić information content (AvgIpc) is 2.85. The molecule has 4 rings (SSSR count). The number of anilines is 2. The van der Waals surface area contributed by atoms with Gasteiger partial charge in [-0.05, 0) is 70.4 Å². The van der Waals surface area contributed by atoms with E-state index in [2.05, 4.69) is 30.5 Å². The summed E-state index contributed by atoms with van der Waals surface area (Å²) < 4.78 is 110. The molecule has 0 atom stereocenters. The number of hydrogen-bond acceptors (Lipinski definition) is 16. The zero-order chi connectivity index (χ0) is 31.2. The van der Waals surface area contributed by atoms with Crippen LogP contribution < -0.4 is 104 Å². The second-order valence-electron chi connectivity index (χ2n) is 7.86. The summed E-state index contributed by atoms with van der Waals surface area (Å²) in [6, 6.07) is 4.90. The molecule has 0 amide bonds. The van der Waals surface area contributed by atoms with Crippen molar-refractivity contribution in [3.05, 3.63) is 47.0 Å². The number of nitrogens with one attached hydrogen (secondary N) is 1. The van der Waals surface area contributed by atoms with E-state index in [1.54, 1.807) is 0 Å². The number of fused-ring (bicyclic) bond motifs is 1. The first-order valence-electron chi connectivity index (χ1n) is 10.5. The third-order valence-electron chi connectivity index (χ3n) is 5.19. The first-order chi connectivity index (χ1) is 19.4. The standard InChI is InChI=1S/C20H14Cl2N6O11S3.3Na/c1-39-9-2-3-11(13(6-9)41(33,34)35)27-28-16-14(42(36,37)38)5-8-4-10(40(30,31)32)7-12(15(8)17(16)29)23-20-25-18(21)24-19(22)26-20;;;/h2-7,29H,1H3,(H,30,31,32)(H,33,34,35)(H,36,37,38)(H,23,24,25,26);;;/q;3*+1/p-3. The van der Waals surface area contributed by atoms with Crippen LogP contribution in [0.3, 0.4) is 0 Å². The van der Waals surface area contributed by atoms with Crippen LogP contribution in [0.25, 0.3) is 10.8 Å². The van der Waals surface area contributed by atoms with Gasteiger partial charge in [-0.25, -0.2) is 16.8 Å². The first kappa shape index (κ1) is 42.3. The first-order valence-corrected chi connectivity index (χ1v) is 15.5. The van der Waals surface area contributed by atoms with Crippen LogP contribution in [0.15, 0.2) is 61.3 Å². The molecule has 0 spiro atoms. The fraction of sp³-hybridized carbons (Fsp3) is 0.0500. The van der Waals surface area contributed by atoms with Gasteiger partial charge in [-0.1, -0.05) is 5.75 Å². The van der Waals surface area contributed by atoms with Crippen LogP contribution in [0.1, 0.15) is 0 Å². The second kappa shape index (κ2) is 16.1. The Morgan fingerprint density at radius 2 is 1.44 bits per heavy atom. The van der Waals surface area contributed by atoms with Gasteiger partial charge in [-0.3, -0.25) is 4.55 Å². The van der Waals surface area contributed by atoms with Gasteiger partial charge in [0.15, 0.2) is 0 Å². The molecular weight excluding hydrogens is 736 g/mol. The summed E-state index contributed by atoms with van der Waals surface area (Å²) in [4.78, 5) is 7.84. The summed E-state index contributed by atoms with van der Waals surface area (Å²) >= 11 is 11.5. The van der Waals surface area contributed by atoms with E-state index < -0.39 is 95.1 Å².